The quantitative estimate of drug-likeness (QED) is 0.164. The number of rotatable bonds is 6. The minimum absolute atomic E-state index is 0.112. The summed E-state index contributed by atoms with van der Waals surface area (Å²) in [6, 6.07) is 61.6. The molecule has 1 aliphatic rings. The van der Waals surface area contributed by atoms with Crippen LogP contribution in [0.4, 0.5) is 5.69 Å². The SMILES string of the molecule is [C-]#[N+]c1ccc2c(c1)-c1cc(-c3cccc(-c4cccc(-c5cc(-c6ccc(-c7ccccc7)cc6)nc(-c6ccccc6)n5)c4)c3)ccc1C2(C)C. The lowest BCUT2D eigenvalue weighted by atomic mass is 9.82. The summed E-state index contributed by atoms with van der Waals surface area (Å²) in [7, 11) is 0. The van der Waals surface area contributed by atoms with Gasteiger partial charge in [0, 0.05) is 22.1 Å². The Morgan fingerprint density at radius 3 is 1.49 bits per heavy atom. The molecule has 0 N–H and O–H groups in total. The number of nitrogens with zero attached hydrogens (tertiary/aromatic N) is 3. The molecule has 1 heterocycles. The summed E-state index contributed by atoms with van der Waals surface area (Å²) in [5.74, 6) is 0.697. The van der Waals surface area contributed by atoms with Crippen molar-refractivity contribution < 1.29 is 0 Å². The number of hydrogen-bond acceptors (Lipinski definition) is 2. The second-order valence-corrected chi connectivity index (χ2v) is 14.2. The van der Waals surface area contributed by atoms with Gasteiger partial charge in [0.1, 0.15) is 0 Å². The van der Waals surface area contributed by atoms with Crippen molar-refractivity contribution >= 4 is 5.69 Å². The van der Waals surface area contributed by atoms with Gasteiger partial charge in [0.2, 0.25) is 0 Å². The standard InChI is InChI=1S/C50H35N3/c1-50(2)45-26-24-40(30-43(45)44-31-42(51-3)25-27-46(44)50)38-17-10-16-37(28-38)39-18-11-19-41(29-39)48-32-47(52-49(53-48)36-14-8-5-9-15-36)35-22-20-34(21-23-35)33-12-6-4-7-13-33/h4-32H,1-2H3. The average molecular weight is 678 g/mol. The summed E-state index contributed by atoms with van der Waals surface area (Å²) < 4.78 is 0. The van der Waals surface area contributed by atoms with Crippen LogP contribution in [0.3, 0.4) is 0 Å². The maximum atomic E-state index is 7.59. The molecule has 0 aliphatic heterocycles. The van der Waals surface area contributed by atoms with Gasteiger partial charge in [-0.25, -0.2) is 14.8 Å². The summed E-state index contributed by atoms with van der Waals surface area (Å²) in [5.41, 5.74) is 17.2. The fourth-order valence-electron chi connectivity index (χ4n) is 7.67. The van der Waals surface area contributed by atoms with Crippen LogP contribution in [0.15, 0.2) is 176 Å². The molecule has 53 heavy (non-hydrogen) atoms. The Kier molecular flexibility index (Phi) is 7.87. The zero-order valence-corrected chi connectivity index (χ0v) is 29.6. The smallest absolute Gasteiger partial charge is 0.187 e. The minimum Gasteiger partial charge on any atom is -0.238 e. The first-order chi connectivity index (χ1) is 25.9. The molecule has 0 amide bonds. The Morgan fingerprint density at radius 2 is 0.849 bits per heavy atom. The van der Waals surface area contributed by atoms with Gasteiger partial charge in [-0.2, -0.15) is 0 Å². The second kappa shape index (κ2) is 13.0. The molecule has 1 aromatic heterocycles. The Balaban J connectivity index is 1.09. The first kappa shape index (κ1) is 32.0. The Labute approximate surface area is 310 Å². The monoisotopic (exact) mass is 677 g/mol. The molecule has 0 atom stereocenters. The molecule has 250 valence electrons. The van der Waals surface area contributed by atoms with E-state index in [-0.39, 0.29) is 5.41 Å². The molecular weight excluding hydrogens is 643 g/mol. The lowest BCUT2D eigenvalue weighted by Gasteiger charge is -2.21. The van der Waals surface area contributed by atoms with E-state index in [1.54, 1.807) is 0 Å². The minimum atomic E-state index is -0.112. The van der Waals surface area contributed by atoms with E-state index in [4.69, 9.17) is 16.5 Å². The van der Waals surface area contributed by atoms with Crippen LogP contribution in [0.1, 0.15) is 25.0 Å². The third-order valence-corrected chi connectivity index (χ3v) is 10.5. The lowest BCUT2D eigenvalue weighted by Crippen LogP contribution is -2.14. The van der Waals surface area contributed by atoms with Gasteiger partial charge >= 0.3 is 0 Å². The van der Waals surface area contributed by atoms with Crippen LogP contribution < -0.4 is 0 Å². The molecule has 9 rings (SSSR count). The van der Waals surface area contributed by atoms with Crippen molar-refractivity contribution in [2.45, 2.75) is 19.3 Å². The van der Waals surface area contributed by atoms with Crippen molar-refractivity contribution in [1.29, 1.82) is 0 Å². The van der Waals surface area contributed by atoms with Crippen LogP contribution in [0, 0.1) is 6.57 Å². The average Bonchev–Trinajstić information content (AvgIpc) is 3.46. The highest BCUT2D eigenvalue weighted by Gasteiger charge is 2.35. The molecule has 3 heteroatoms. The summed E-state index contributed by atoms with van der Waals surface area (Å²) in [6.07, 6.45) is 0. The zero-order chi connectivity index (χ0) is 35.9. The predicted molar refractivity (Wildman–Crippen MR) is 218 cm³/mol. The van der Waals surface area contributed by atoms with E-state index in [0.717, 1.165) is 55.9 Å². The molecule has 0 bridgehead atoms. The van der Waals surface area contributed by atoms with E-state index in [1.165, 1.54) is 27.8 Å². The second-order valence-electron chi connectivity index (χ2n) is 14.2. The third-order valence-electron chi connectivity index (χ3n) is 10.5. The fourth-order valence-corrected chi connectivity index (χ4v) is 7.67. The van der Waals surface area contributed by atoms with Gasteiger partial charge in [-0.1, -0.05) is 159 Å². The van der Waals surface area contributed by atoms with Gasteiger partial charge in [0.15, 0.2) is 11.5 Å². The van der Waals surface area contributed by atoms with Gasteiger partial charge in [0.05, 0.1) is 18.0 Å². The molecule has 0 unspecified atom stereocenters. The van der Waals surface area contributed by atoms with Gasteiger partial charge in [-0.05, 0) is 86.0 Å². The molecule has 0 saturated heterocycles. The first-order valence-electron chi connectivity index (χ1n) is 17.9. The van der Waals surface area contributed by atoms with Crippen LogP contribution in [0.2, 0.25) is 0 Å². The van der Waals surface area contributed by atoms with Crippen molar-refractivity contribution in [2.24, 2.45) is 0 Å². The third kappa shape index (κ3) is 5.91. The highest BCUT2D eigenvalue weighted by molar-refractivity contribution is 5.87. The number of aromatic nitrogens is 2. The molecule has 0 saturated carbocycles. The molecule has 0 radical (unpaired) electrons. The van der Waals surface area contributed by atoms with Crippen molar-refractivity contribution in [2.75, 3.05) is 0 Å². The van der Waals surface area contributed by atoms with E-state index >= 15 is 0 Å². The van der Waals surface area contributed by atoms with Gasteiger partial charge < -0.3 is 0 Å². The zero-order valence-electron chi connectivity index (χ0n) is 29.6. The van der Waals surface area contributed by atoms with Crippen LogP contribution >= 0.6 is 0 Å². The Morgan fingerprint density at radius 1 is 0.396 bits per heavy atom. The van der Waals surface area contributed by atoms with Crippen molar-refractivity contribution in [3.8, 4) is 78.4 Å². The van der Waals surface area contributed by atoms with Gasteiger partial charge in [-0.3, -0.25) is 0 Å². The topological polar surface area (TPSA) is 30.1 Å². The largest absolute Gasteiger partial charge is 0.238 e. The van der Waals surface area contributed by atoms with E-state index in [0.29, 0.717) is 11.5 Å². The first-order valence-corrected chi connectivity index (χ1v) is 17.9. The van der Waals surface area contributed by atoms with Crippen molar-refractivity contribution in [1.82, 2.24) is 9.97 Å². The van der Waals surface area contributed by atoms with Gasteiger partial charge in [-0.15, -0.1) is 0 Å². The number of benzene rings is 7. The Bertz CT molecular complexity index is 2690. The predicted octanol–water partition coefficient (Wildman–Crippen LogP) is 13.3. The van der Waals surface area contributed by atoms with E-state index < -0.39 is 0 Å². The highest BCUT2D eigenvalue weighted by atomic mass is 14.9. The van der Waals surface area contributed by atoms with E-state index in [1.807, 2.05) is 36.4 Å². The summed E-state index contributed by atoms with van der Waals surface area (Å²) in [6.45, 7) is 12.1. The van der Waals surface area contributed by atoms with E-state index in [2.05, 4.69) is 158 Å². The normalized spacial score (nSPS) is 12.5. The van der Waals surface area contributed by atoms with Crippen LogP contribution in [-0.2, 0) is 5.41 Å². The fraction of sp³-hybridized carbons (Fsp3) is 0.0600. The number of fused-ring (bicyclic) bond motifs is 3. The van der Waals surface area contributed by atoms with Crippen molar-refractivity contribution in [3.63, 3.8) is 0 Å². The highest BCUT2D eigenvalue weighted by Crippen LogP contribution is 2.50. The van der Waals surface area contributed by atoms with Crippen LogP contribution in [0.25, 0.3) is 83.3 Å². The summed E-state index contributed by atoms with van der Waals surface area (Å²) in [5, 5.41) is 0. The summed E-state index contributed by atoms with van der Waals surface area (Å²) >= 11 is 0. The lowest BCUT2D eigenvalue weighted by molar-refractivity contribution is 0.660. The van der Waals surface area contributed by atoms with E-state index in [9.17, 15) is 0 Å². The molecule has 1 aliphatic carbocycles. The van der Waals surface area contributed by atoms with Gasteiger partial charge in [0.25, 0.3) is 0 Å². The summed E-state index contributed by atoms with van der Waals surface area (Å²) in [4.78, 5) is 13.9. The number of hydrogen-bond donors (Lipinski definition) is 0. The molecule has 0 fully saturated rings. The maximum Gasteiger partial charge on any atom is 0.187 e. The molecule has 7 aromatic carbocycles. The Hall–Kier alpha value is -6.89. The molecule has 3 nitrogen and oxygen atoms in total. The molecular formula is C50H35N3. The van der Waals surface area contributed by atoms with Crippen LogP contribution in [-0.4, -0.2) is 9.97 Å². The molecule has 8 aromatic rings. The van der Waals surface area contributed by atoms with Crippen LogP contribution in [0.5, 0.6) is 0 Å². The maximum absolute atomic E-state index is 7.59. The molecule has 0 spiro atoms. The van der Waals surface area contributed by atoms with Crippen molar-refractivity contribution in [3.05, 3.63) is 198 Å².